The molecule has 0 spiro atoms. The van der Waals surface area contributed by atoms with Crippen molar-refractivity contribution in [1.82, 2.24) is 4.90 Å². The maximum atomic E-state index is 8.77. The van der Waals surface area contributed by atoms with Gasteiger partial charge in [0.25, 0.3) is 0 Å². The fourth-order valence-corrected chi connectivity index (χ4v) is 3.87. The molecule has 1 rings (SSSR count). The van der Waals surface area contributed by atoms with Gasteiger partial charge < -0.3 is 10.8 Å². The lowest BCUT2D eigenvalue weighted by Crippen LogP contribution is -2.37. The number of nitrogens with zero attached hydrogens (tertiary/aromatic N) is 1. The van der Waals surface area contributed by atoms with Crippen LogP contribution >= 0.6 is 27.3 Å². The second kappa shape index (κ2) is 8.27. The maximum Gasteiger partial charge on any atom is 0.0588 e. The van der Waals surface area contributed by atoms with Crippen molar-refractivity contribution in [1.29, 1.82) is 0 Å². The molecule has 0 fully saturated rings. The highest BCUT2D eigenvalue weighted by Crippen LogP contribution is 2.30. The van der Waals surface area contributed by atoms with Crippen LogP contribution in [0.2, 0.25) is 0 Å². The number of hydrogen-bond acceptors (Lipinski definition) is 4. The van der Waals surface area contributed by atoms with Crippen LogP contribution in [0.15, 0.2) is 15.9 Å². The Balaban J connectivity index is 2.56. The van der Waals surface area contributed by atoms with Crippen molar-refractivity contribution < 1.29 is 5.11 Å². The van der Waals surface area contributed by atoms with Gasteiger partial charge in [-0.3, -0.25) is 4.90 Å². The molecule has 0 bridgehead atoms. The van der Waals surface area contributed by atoms with E-state index < -0.39 is 0 Å². The zero-order valence-electron chi connectivity index (χ0n) is 11.1. The largest absolute Gasteiger partial charge is 0.396 e. The number of aliphatic hydroxyl groups is 1. The summed E-state index contributed by atoms with van der Waals surface area (Å²) in [6, 6.07) is 2.54. The van der Waals surface area contributed by atoms with Crippen LogP contribution in [-0.2, 0) is 0 Å². The van der Waals surface area contributed by atoms with E-state index in [2.05, 4.69) is 46.2 Å². The monoisotopic (exact) mass is 334 g/mol. The van der Waals surface area contributed by atoms with E-state index in [-0.39, 0.29) is 18.7 Å². The second-order valence-electron chi connectivity index (χ2n) is 4.74. The van der Waals surface area contributed by atoms with Crippen molar-refractivity contribution in [2.45, 2.75) is 38.3 Å². The van der Waals surface area contributed by atoms with Crippen LogP contribution in [0.4, 0.5) is 0 Å². The third kappa shape index (κ3) is 4.97. The zero-order valence-corrected chi connectivity index (χ0v) is 13.5. The van der Waals surface area contributed by atoms with Gasteiger partial charge in [-0.2, -0.15) is 0 Å². The molecule has 3 N–H and O–H groups in total. The molecule has 1 aromatic heterocycles. The van der Waals surface area contributed by atoms with Crippen molar-refractivity contribution in [2.75, 3.05) is 20.2 Å². The molecule has 0 aliphatic carbocycles. The lowest BCUT2D eigenvalue weighted by molar-refractivity contribution is 0.213. The summed E-state index contributed by atoms with van der Waals surface area (Å²) in [6.45, 7) is 3.36. The molecule has 2 unspecified atom stereocenters. The van der Waals surface area contributed by atoms with Crippen molar-refractivity contribution >= 4 is 27.3 Å². The number of unbranched alkanes of at least 4 members (excludes halogenated alkanes) is 2. The van der Waals surface area contributed by atoms with E-state index in [1.165, 1.54) is 4.88 Å². The van der Waals surface area contributed by atoms with Crippen molar-refractivity contribution in [3.63, 3.8) is 0 Å². The molecule has 0 aliphatic heterocycles. The minimum absolute atomic E-state index is 0.110. The topological polar surface area (TPSA) is 49.5 Å². The first kappa shape index (κ1) is 16.1. The van der Waals surface area contributed by atoms with Crippen molar-refractivity contribution in [2.24, 2.45) is 5.73 Å². The molecule has 0 saturated carbocycles. The van der Waals surface area contributed by atoms with Crippen molar-refractivity contribution in [3.8, 4) is 0 Å². The summed E-state index contributed by atoms with van der Waals surface area (Å²) in [4.78, 5) is 3.63. The minimum atomic E-state index is 0.110. The molecule has 104 valence electrons. The van der Waals surface area contributed by atoms with Gasteiger partial charge in [-0.05, 0) is 61.8 Å². The molecule has 0 amide bonds. The number of hydrogen-bond donors (Lipinski definition) is 2. The molecule has 0 radical (unpaired) electrons. The Labute approximate surface area is 122 Å². The molecule has 0 saturated heterocycles. The summed E-state index contributed by atoms with van der Waals surface area (Å²) in [5, 5.41) is 10.9. The van der Waals surface area contributed by atoms with Crippen LogP contribution in [-0.4, -0.2) is 36.2 Å². The van der Waals surface area contributed by atoms with Gasteiger partial charge in [0.05, 0.1) is 6.04 Å². The van der Waals surface area contributed by atoms with Crippen LogP contribution in [0.25, 0.3) is 0 Å². The Bertz CT molecular complexity index is 343. The van der Waals surface area contributed by atoms with Crippen LogP contribution in [0.5, 0.6) is 0 Å². The van der Waals surface area contributed by atoms with Gasteiger partial charge in [0.1, 0.15) is 0 Å². The first-order chi connectivity index (χ1) is 8.56. The van der Waals surface area contributed by atoms with E-state index in [0.29, 0.717) is 0 Å². The SMILES string of the molecule is CC(N)C(c1cc(Br)cs1)N(C)CCCCCO. The molecular weight excluding hydrogens is 312 g/mol. The van der Waals surface area contributed by atoms with Gasteiger partial charge in [0.15, 0.2) is 0 Å². The molecule has 5 heteroatoms. The molecule has 18 heavy (non-hydrogen) atoms. The van der Waals surface area contributed by atoms with E-state index in [1.807, 2.05) is 0 Å². The molecule has 0 aliphatic rings. The van der Waals surface area contributed by atoms with Crippen molar-refractivity contribution in [3.05, 3.63) is 20.8 Å². The Morgan fingerprint density at radius 3 is 2.67 bits per heavy atom. The predicted molar refractivity (Wildman–Crippen MR) is 82.0 cm³/mol. The van der Waals surface area contributed by atoms with E-state index in [9.17, 15) is 0 Å². The fourth-order valence-electron chi connectivity index (χ4n) is 2.15. The molecule has 1 heterocycles. The zero-order chi connectivity index (χ0) is 13.5. The molecular formula is C13H23BrN2OS. The third-order valence-corrected chi connectivity index (χ3v) is 4.79. The third-order valence-electron chi connectivity index (χ3n) is 3.02. The van der Waals surface area contributed by atoms with Crippen LogP contribution < -0.4 is 5.73 Å². The summed E-state index contributed by atoms with van der Waals surface area (Å²) in [5.74, 6) is 0. The lowest BCUT2D eigenvalue weighted by atomic mass is 10.1. The molecule has 1 aromatic rings. The minimum Gasteiger partial charge on any atom is -0.396 e. The number of aliphatic hydroxyl groups excluding tert-OH is 1. The standard InChI is InChI=1S/C13H23BrN2OS/c1-10(15)13(12-8-11(14)9-18-12)16(2)6-4-3-5-7-17/h8-10,13,17H,3-7,15H2,1-2H3. The highest BCUT2D eigenvalue weighted by Gasteiger charge is 2.22. The Morgan fingerprint density at radius 1 is 1.44 bits per heavy atom. The number of rotatable bonds is 8. The molecule has 2 atom stereocenters. The fraction of sp³-hybridized carbons (Fsp3) is 0.692. The number of halogens is 1. The van der Waals surface area contributed by atoms with E-state index in [1.54, 1.807) is 11.3 Å². The van der Waals surface area contributed by atoms with Crippen LogP contribution in [0.1, 0.15) is 37.1 Å². The van der Waals surface area contributed by atoms with E-state index in [0.717, 1.165) is 30.3 Å². The summed E-state index contributed by atoms with van der Waals surface area (Å²) in [6.07, 6.45) is 3.06. The van der Waals surface area contributed by atoms with E-state index in [4.69, 9.17) is 10.8 Å². The van der Waals surface area contributed by atoms with Gasteiger partial charge in [0.2, 0.25) is 0 Å². The Morgan fingerprint density at radius 2 is 2.17 bits per heavy atom. The number of likely N-dealkylation sites (N-methyl/N-ethyl adjacent to an activating group) is 1. The predicted octanol–water partition coefficient (Wildman–Crippen LogP) is 2.99. The van der Waals surface area contributed by atoms with Gasteiger partial charge in [-0.15, -0.1) is 11.3 Å². The number of thiophene rings is 1. The second-order valence-corrected chi connectivity index (χ2v) is 6.59. The smallest absolute Gasteiger partial charge is 0.0588 e. The number of nitrogens with two attached hydrogens (primary N) is 1. The molecule has 0 aromatic carbocycles. The average molecular weight is 335 g/mol. The maximum absolute atomic E-state index is 8.77. The van der Waals surface area contributed by atoms with Gasteiger partial charge in [-0.1, -0.05) is 0 Å². The van der Waals surface area contributed by atoms with Gasteiger partial charge in [0, 0.05) is 27.4 Å². The normalized spacial score (nSPS) is 15.0. The lowest BCUT2D eigenvalue weighted by Gasteiger charge is -2.30. The highest BCUT2D eigenvalue weighted by molar-refractivity contribution is 9.10. The summed E-state index contributed by atoms with van der Waals surface area (Å²) in [7, 11) is 2.13. The molecule has 3 nitrogen and oxygen atoms in total. The van der Waals surface area contributed by atoms with Gasteiger partial charge in [-0.25, -0.2) is 0 Å². The first-order valence-corrected chi connectivity index (χ1v) is 8.04. The Hall–Kier alpha value is 0.0600. The van der Waals surface area contributed by atoms with Crippen LogP contribution in [0, 0.1) is 0 Å². The summed E-state index contributed by atoms with van der Waals surface area (Å²) >= 11 is 5.24. The van der Waals surface area contributed by atoms with Gasteiger partial charge >= 0.3 is 0 Å². The van der Waals surface area contributed by atoms with E-state index >= 15 is 0 Å². The van der Waals surface area contributed by atoms with Crippen LogP contribution in [0.3, 0.4) is 0 Å². The summed E-state index contributed by atoms with van der Waals surface area (Å²) < 4.78 is 1.13. The highest BCUT2D eigenvalue weighted by atomic mass is 79.9. The first-order valence-electron chi connectivity index (χ1n) is 6.37. The summed E-state index contributed by atoms with van der Waals surface area (Å²) in [5.41, 5.74) is 6.12. The quantitative estimate of drug-likeness (QED) is 0.718. The average Bonchev–Trinajstić information content (AvgIpc) is 2.71. The Kier molecular flexibility index (Phi) is 7.41.